The summed E-state index contributed by atoms with van der Waals surface area (Å²) in [7, 11) is 0. The number of furan rings is 1. The average Bonchev–Trinajstić information content (AvgIpc) is 3.80. The number of alkyl halides is 3. The molecule has 3 aliphatic heterocycles. The van der Waals surface area contributed by atoms with Crippen LogP contribution in [0, 0.1) is 23.0 Å². The van der Waals surface area contributed by atoms with Gasteiger partial charge in [-0.3, -0.25) is 19.3 Å². The number of aromatic nitrogens is 1. The van der Waals surface area contributed by atoms with Gasteiger partial charge in [0.2, 0.25) is 0 Å². The minimum Gasteiger partial charge on any atom is -0.449 e. The third-order valence-electron chi connectivity index (χ3n) is 12.5. The molecule has 2 aliphatic carbocycles. The lowest BCUT2D eigenvalue weighted by atomic mass is 9.72. The van der Waals surface area contributed by atoms with Gasteiger partial charge in [0, 0.05) is 84.4 Å². The van der Waals surface area contributed by atoms with Crippen LogP contribution in [-0.2, 0) is 26.9 Å². The number of nitrogens with two attached hydrogens (primary N) is 1. The van der Waals surface area contributed by atoms with E-state index in [2.05, 4.69) is 22.1 Å². The first-order valence-corrected chi connectivity index (χ1v) is 20.6. The van der Waals surface area contributed by atoms with E-state index in [1.165, 1.54) is 11.0 Å². The van der Waals surface area contributed by atoms with Gasteiger partial charge in [-0.25, -0.2) is 13.8 Å². The number of fused-ring (bicyclic) bond motifs is 3. The number of para-hydroxylation sites is 1. The fourth-order valence-electron chi connectivity index (χ4n) is 9.21. The second kappa shape index (κ2) is 16.7. The molecule has 11 nitrogen and oxygen atoms in total. The van der Waals surface area contributed by atoms with Crippen LogP contribution >= 0.6 is 0 Å². The van der Waals surface area contributed by atoms with Gasteiger partial charge in [-0.15, -0.1) is 0 Å². The summed E-state index contributed by atoms with van der Waals surface area (Å²) < 4.78 is 81.6. The van der Waals surface area contributed by atoms with E-state index >= 15 is 0 Å². The number of nitrogens with zero attached hydrogens (tertiary/aromatic N) is 3. The van der Waals surface area contributed by atoms with Crippen molar-refractivity contribution in [2.75, 3.05) is 43.1 Å². The molecular weight excluding hydrogens is 800 g/mol. The lowest BCUT2D eigenvalue weighted by molar-refractivity contribution is -0.137. The lowest BCUT2D eigenvalue weighted by Crippen LogP contribution is -2.62. The molecule has 2 aromatic heterocycles. The summed E-state index contributed by atoms with van der Waals surface area (Å²) in [6.07, 6.45) is 6.99. The normalized spacial score (nSPS) is 20.9. The molecular formula is C45H47F5N6O5. The second-order valence-corrected chi connectivity index (χ2v) is 16.6. The summed E-state index contributed by atoms with van der Waals surface area (Å²) in [5.74, 6) is -4.52. The van der Waals surface area contributed by atoms with Gasteiger partial charge in [0.15, 0.2) is 11.5 Å². The van der Waals surface area contributed by atoms with Gasteiger partial charge >= 0.3 is 6.18 Å². The van der Waals surface area contributed by atoms with Gasteiger partial charge in [-0.1, -0.05) is 26.0 Å². The van der Waals surface area contributed by atoms with Gasteiger partial charge < -0.3 is 30.4 Å². The molecule has 0 saturated carbocycles. The standard InChI is InChI=1S/C45H47F5N6O5/c1-3-35(55-23-44(24-55)13-16-60-17-14-44)30(19-26-6-4-9-33(26)51)41(57)53-34-11-10-28(18-25(34)2)43(59)56-15-12-27-20-37(61-40(27)39-36(56)21-29(46)22-52-39)42(58)54-38-31(45(48,49)50)7-5-8-32(38)47/h5,7-8,10-11,19-22,25,35H,3-4,6,9,12-18,23-24,51H2,1-2H3,(H,53,57)(H,54,58)/b30-19+. The molecule has 0 radical (unpaired) electrons. The number of benzene rings is 1. The Morgan fingerprint density at radius 3 is 2.52 bits per heavy atom. The van der Waals surface area contributed by atoms with Crippen molar-refractivity contribution < 1.29 is 45.5 Å². The number of nitrogens with one attached hydrogen (secondary N) is 2. The quantitative estimate of drug-likeness (QED) is 0.146. The van der Waals surface area contributed by atoms with Crippen molar-refractivity contribution in [3.05, 3.63) is 111 Å². The molecule has 3 amide bonds. The van der Waals surface area contributed by atoms with Crippen LogP contribution in [0.3, 0.4) is 0 Å². The topological polar surface area (TPSA) is 143 Å². The first kappa shape index (κ1) is 42.1. The molecule has 2 atom stereocenters. The number of ether oxygens (including phenoxy) is 1. The highest BCUT2D eigenvalue weighted by atomic mass is 19.4. The Morgan fingerprint density at radius 2 is 1.84 bits per heavy atom. The third-order valence-corrected chi connectivity index (χ3v) is 12.5. The van der Waals surface area contributed by atoms with Crippen molar-refractivity contribution in [1.29, 1.82) is 0 Å². The van der Waals surface area contributed by atoms with E-state index in [9.17, 15) is 36.3 Å². The molecule has 4 N–H and O–H groups in total. The molecule has 2 unspecified atom stereocenters. The summed E-state index contributed by atoms with van der Waals surface area (Å²) in [4.78, 5) is 49.7. The Morgan fingerprint density at radius 1 is 1.07 bits per heavy atom. The van der Waals surface area contributed by atoms with Crippen molar-refractivity contribution in [1.82, 2.24) is 15.2 Å². The van der Waals surface area contributed by atoms with Crippen LogP contribution in [0.4, 0.5) is 33.3 Å². The number of amides is 3. The molecule has 3 aromatic rings. The highest BCUT2D eigenvalue weighted by Gasteiger charge is 2.47. The van der Waals surface area contributed by atoms with E-state index in [4.69, 9.17) is 14.9 Å². The van der Waals surface area contributed by atoms with Gasteiger partial charge in [0.1, 0.15) is 17.3 Å². The Labute approximate surface area is 349 Å². The van der Waals surface area contributed by atoms with E-state index in [1.807, 2.05) is 18.3 Å². The fourth-order valence-corrected chi connectivity index (χ4v) is 9.21. The highest BCUT2D eigenvalue weighted by molar-refractivity contribution is 6.08. The predicted octanol–water partition coefficient (Wildman–Crippen LogP) is 7.96. The number of halogens is 5. The van der Waals surface area contributed by atoms with E-state index in [1.54, 1.807) is 12.2 Å². The fraction of sp³-hybridized carbons (Fsp3) is 0.422. The number of hydrogen-bond donors (Lipinski definition) is 3. The van der Waals surface area contributed by atoms with E-state index in [0.29, 0.717) is 28.5 Å². The zero-order chi connectivity index (χ0) is 43.2. The van der Waals surface area contributed by atoms with Crippen molar-refractivity contribution in [3.8, 4) is 11.5 Å². The smallest absolute Gasteiger partial charge is 0.418 e. The molecule has 322 valence electrons. The number of rotatable bonds is 9. The van der Waals surface area contributed by atoms with Crippen molar-refractivity contribution >= 4 is 29.1 Å². The Balaban J connectivity index is 1.01. The molecule has 1 spiro atoms. The molecule has 5 heterocycles. The van der Waals surface area contributed by atoms with Crippen LogP contribution in [0.1, 0.15) is 80.5 Å². The van der Waals surface area contributed by atoms with E-state index < -0.39 is 46.6 Å². The minimum atomic E-state index is -4.95. The van der Waals surface area contributed by atoms with E-state index in [0.717, 1.165) is 100 Å². The van der Waals surface area contributed by atoms with Gasteiger partial charge in [0.25, 0.3) is 17.7 Å². The van der Waals surface area contributed by atoms with Crippen LogP contribution in [0.2, 0.25) is 0 Å². The number of carbonyl (C=O) groups is 3. The summed E-state index contributed by atoms with van der Waals surface area (Å²) in [5, 5.41) is 5.14. The average molecular weight is 847 g/mol. The van der Waals surface area contributed by atoms with Crippen molar-refractivity contribution in [2.45, 2.75) is 77.4 Å². The van der Waals surface area contributed by atoms with E-state index in [-0.39, 0.29) is 59.8 Å². The SMILES string of the molecule is CCC(/C(=C\C1=C(N)CCC1)C(=O)NC1=CC=C(C(=O)N2CCc3cc(C(=O)Nc4c(F)cccc4C(F)(F)F)oc3-c3ncc(F)cc32)CC1C)N1CC2(CCOCC2)C1. The largest absolute Gasteiger partial charge is 0.449 e. The molecule has 5 aliphatic rings. The van der Waals surface area contributed by atoms with Crippen LogP contribution in [0.5, 0.6) is 0 Å². The summed E-state index contributed by atoms with van der Waals surface area (Å²) in [5.41, 5.74) is 8.16. The molecule has 16 heteroatoms. The summed E-state index contributed by atoms with van der Waals surface area (Å²) in [6, 6.07) is 4.62. The second-order valence-electron chi connectivity index (χ2n) is 16.6. The number of allylic oxidation sites excluding steroid dienone is 6. The van der Waals surface area contributed by atoms with Crippen molar-refractivity contribution in [2.24, 2.45) is 17.1 Å². The Bertz CT molecular complexity index is 2390. The van der Waals surface area contributed by atoms with Crippen LogP contribution in [-0.4, -0.2) is 66.5 Å². The van der Waals surface area contributed by atoms with Crippen LogP contribution in [0.15, 0.2) is 87.3 Å². The Hall–Kier alpha value is -5.61. The lowest BCUT2D eigenvalue weighted by Gasteiger charge is -2.55. The maximum absolute atomic E-state index is 14.8. The first-order chi connectivity index (χ1) is 29.1. The zero-order valence-corrected chi connectivity index (χ0v) is 33.9. The number of anilines is 2. The Kier molecular flexibility index (Phi) is 11.5. The molecule has 61 heavy (non-hydrogen) atoms. The van der Waals surface area contributed by atoms with Gasteiger partial charge in [0.05, 0.1) is 23.1 Å². The molecule has 8 rings (SSSR count). The van der Waals surface area contributed by atoms with Gasteiger partial charge in [-0.05, 0) is 87.3 Å². The highest BCUT2D eigenvalue weighted by Crippen LogP contribution is 2.44. The van der Waals surface area contributed by atoms with Crippen LogP contribution in [0.25, 0.3) is 11.5 Å². The summed E-state index contributed by atoms with van der Waals surface area (Å²) >= 11 is 0. The monoisotopic (exact) mass is 846 g/mol. The third kappa shape index (κ3) is 8.39. The summed E-state index contributed by atoms with van der Waals surface area (Å²) in [6.45, 7) is 7.32. The first-order valence-electron chi connectivity index (χ1n) is 20.6. The van der Waals surface area contributed by atoms with Crippen molar-refractivity contribution in [3.63, 3.8) is 0 Å². The number of likely N-dealkylation sites (tertiary alicyclic amines) is 1. The molecule has 1 aromatic carbocycles. The number of hydrogen-bond acceptors (Lipinski definition) is 8. The predicted molar refractivity (Wildman–Crippen MR) is 217 cm³/mol. The van der Waals surface area contributed by atoms with Crippen LogP contribution < -0.4 is 21.3 Å². The zero-order valence-electron chi connectivity index (χ0n) is 33.9. The maximum Gasteiger partial charge on any atom is 0.418 e. The minimum absolute atomic E-state index is 0.00543. The molecule has 2 fully saturated rings. The number of pyridine rings is 1. The number of carbonyl (C=O) groups excluding carboxylic acids is 3. The molecule has 0 bridgehead atoms. The maximum atomic E-state index is 14.8. The van der Waals surface area contributed by atoms with Gasteiger partial charge in [-0.2, -0.15) is 13.2 Å². The molecule has 2 saturated heterocycles.